The zero-order chi connectivity index (χ0) is 25.6. The van der Waals surface area contributed by atoms with E-state index < -0.39 is 22.1 Å². The van der Waals surface area contributed by atoms with Gasteiger partial charge in [0.2, 0.25) is 0 Å². The van der Waals surface area contributed by atoms with Crippen molar-refractivity contribution >= 4 is 17.3 Å². The van der Waals surface area contributed by atoms with Gasteiger partial charge in [-0.25, -0.2) is 4.79 Å². The van der Waals surface area contributed by atoms with E-state index in [1.165, 1.54) is 0 Å². The summed E-state index contributed by atoms with van der Waals surface area (Å²) in [4.78, 5) is 13.3. The minimum Gasteiger partial charge on any atom is -0.598 e. The minimum atomic E-state index is -1.30. The van der Waals surface area contributed by atoms with Crippen LogP contribution in [-0.2, 0) is 18.0 Å². The van der Waals surface area contributed by atoms with Crippen molar-refractivity contribution in [2.75, 3.05) is 7.11 Å². The average molecular weight is 496 g/mol. The largest absolute Gasteiger partial charge is 0.598 e. The normalized spacial score (nSPS) is 13.1. The number of hydrogen-bond acceptors (Lipinski definition) is 6. The first kappa shape index (κ1) is 26.6. The van der Waals surface area contributed by atoms with Crippen LogP contribution in [0.4, 0.5) is 0 Å². The molecule has 0 saturated carbocycles. The summed E-state index contributed by atoms with van der Waals surface area (Å²) in [5, 5.41) is 0. The van der Waals surface area contributed by atoms with Crippen LogP contribution in [0.15, 0.2) is 66.7 Å². The number of para-hydroxylation sites is 1. The van der Waals surface area contributed by atoms with Gasteiger partial charge in [0, 0.05) is 22.5 Å². The van der Waals surface area contributed by atoms with E-state index in [1.807, 2.05) is 64.1 Å². The van der Waals surface area contributed by atoms with Gasteiger partial charge in [0.25, 0.3) is 0 Å². The Morgan fingerprint density at radius 2 is 1.66 bits per heavy atom. The Morgan fingerprint density at radius 1 is 1.06 bits per heavy atom. The van der Waals surface area contributed by atoms with Gasteiger partial charge in [-0.1, -0.05) is 48.5 Å². The lowest BCUT2D eigenvalue weighted by molar-refractivity contribution is 0.0728. The van der Waals surface area contributed by atoms with Crippen LogP contribution in [0, 0.1) is 6.92 Å². The summed E-state index contributed by atoms with van der Waals surface area (Å²) in [5.41, 5.74) is 2.57. The number of methoxy groups -OCH3 is 1. The molecule has 0 spiro atoms. The van der Waals surface area contributed by atoms with Crippen molar-refractivity contribution in [1.29, 1.82) is 0 Å². The highest BCUT2D eigenvalue weighted by Gasteiger charge is 2.31. The van der Waals surface area contributed by atoms with Gasteiger partial charge < -0.3 is 18.8 Å². The molecule has 1 N–H and O–H groups in total. The minimum absolute atomic E-state index is 0.271. The number of hydrogen-bond donors (Lipinski definition) is 1. The molecule has 0 bridgehead atoms. The van der Waals surface area contributed by atoms with Crippen molar-refractivity contribution in [3.63, 3.8) is 0 Å². The highest BCUT2D eigenvalue weighted by molar-refractivity contribution is 7.90. The highest BCUT2D eigenvalue weighted by Crippen LogP contribution is 2.39. The van der Waals surface area contributed by atoms with Gasteiger partial charge in [-0.05, 0) is 58.4 Å². The fourth-order valence-electron chi connectivity index (χ4n) is 3.54. The summed E-state index contributed by atoms with van der Waals surface area (Å²) in [7, 11) is 1.55. The molecule has 7 heteroatoms. The number of carbonyl (C=O) groups is 1. The van der Waals surface area contributed by atoms with Crippen molar-refractivity contribution in [1.82, 2.24) is 4.72 Å². The summed E-state index contributed by atoms with van der Waals surface area (Å²) >= 11 is -1.30. The molecule has 6 nitrogen and oxygen atoms in total. The first-order valence-electron chi connectivity index (χ1n) is 11.4. The molecule has 3 rings (SSSR count). The molecule has 0 saturated heterocycles. The maximum Gasteiger partial charge on any atom is 0.347 e. The van der Waals surface area contributed by atoms with Crippen LogP contribution in [0.25, 0.3) is 0 Å². The Morgan fingerprint density at radius 3 is 2.23 bits per heavy atom. The molecule has 0 unspecified atom stereocenters. The van der Waals surface area contributed by atoms with Gasteiger partial charge in [0.15, 0.2) is 0 Å². The Kier molecular flexibility index (Phi) is 8.83. The van der Waals surface area contributed by atoms with Gasteiger partial charge in [-0.2, -0.15) is 0 Å². The molecule has 35 heavy (non-hydrogen) atoms. The smallest absolute Gasteiger partial charge is 0.347 e. The van der Waals surface area contributed by atoms with E-state index in [-0.39, 0.29) is 18.2 Å². The van der Waals surface area contributed by atoms with Crippen molar-refractivity contribution < 1.29 is 23.6 Å². The summed E-state index contributed by atoms with van der Waals surface area (Å²) in [6.45, 7) is 9.69. The molecular weight excluding hydrogens is 462 g/mol. The van der Waals surface area contributed by atoms with Crippen LogP contribution < -0.4 is 18.9 Å². The maximum atomic E-state index is 13.3. The van der Waals surface area contributed by atoms with Gasteiger partial charge in [0.1, 0.15) is 34.2 Å². The zero-order valence-electron chi connectivity index (χ0n) is 21.1. The van der Waals surface area contributed by atoms with Crippen molar-refractivity contribution in [3.05, 3.63) is 89.0 Å². The monoisotopic (exact) mass is 495 g/mol. The molecule has 0 aliphatic heterocycles. The number of benzene rings is 3. The van der Waals surface area contributed by atoms with Crippen LogP contribution in [0.3, 0.4) is 0 Å². The van der Waals surface area contributed by atoms with E-state index in [0.29, 0.717) is 22.8 Å². The van der Waals surface area contributed by atoms with Crippen LogP contribution in [0.2, 0.25) is 0 Å². The molecule has 186 valence electrons. The van der Waals surface area contributed by atoms with Crippen LogP contribution >= 0.6 is 0 Å². The molecule has 0 aliphatic carbocycles. The van der Waals surface area contributed by atoms with Crippen LogP contribution in [0.5, 0.6) is 17.2 Å². The Balaban J connectivity index is 2.03. The Bertz CT molecular complexity index is 1130. The van der Waals surface area contributed by atoms with Gasteiger partial charge in [0.05, 0.1) is 13.2 Å². The fraction of sp³-hybridized carbons (Fsp3) is 0.321. The summed E-state index contributed by atoms with van der Waals surface area (Å²) in [6, 6.07) is 20.0. The number of ether oxygens (including phenoxy) is 3. The Hall–Kier alpha value is -3.00. The van der Waals surface area contributed by atoms with E-state index >= 15 is 0 Å². The van der Waals surface area contributed by atoms with Crippen LogP contribution in [-0.4, -0.2) is 22.4 Å². The third kappa shape index (κ3) is 6.78. The molecule has 0 heterocycles. The first-order valence-corrected chi connectivity index (χ1v) is 12.6. The van der Waals surface area contributed by atoms with E-state index in [9.17, 15) is 9.35 Å². The van der Waals surface area contributed by atoms with Gasteiger partial charge in [-0.3, -0.25) is 0 Å². The summed E-state index contributed by atoms with van der Waals surface area (Å²) in [6.07, 6.45) is 0. The quantitative estimate of drug-likeness (QED) is 0.226. The molecule has 0 fully saturated rings. The van der Waals surface area contributed by atoms with E-state index in [1.54, 1.807) is 44.4 Å². The standard InChI is InChI=1S/C28H33NO5S/c1-19-25(27(30)34-22-15-11-8-12-16-22)24(33-18-21-13-9-7-10-14-21)17-23(26(19)32-6)20(2)29-35(31)28(3,4)5/h7-17,20,29H,18H2,1-6H3/t20-,35-/m0/s1. The van der Waals surface area contributed by atoms with Crippen molar-refractivity contribution in [2.45, 2.75) is 52.0 Å². The fourth-order valence-corrected chi connectivity index (χ4v) is 4.34. The molecule has 3 aromatic rings. The molecule has 3 aromatic carbocycles. The third-order valence-electron chi connectivity index (χ3n) is 5.42. The topological polar surface area (TPSA) is 79.9 Å². The average Bonchev–Trinajstić information content (AvgIpc) is 2.82. The highest BCUT2D eigenvalue weighted by atomic mass is 32.2. The lowest BCUT2D eigenvalue weighted by Gasteiger charge is -2.28. The molecular formula is C28H33NO5S. The number of nitrogens with one attached hydrogen (secondary N) is 1. The predicted molar refractivity (Wildman–Crippen MR) is 139 cm³/mol. The summed E-state index contributed by atoms with van der Waals surface area (Å²) in [5.74, 6) is 0.784. The Labute approximate surface area is 210 Å². The van der Waals surface area contributed by atoms with Crippen molar-refractivity contribution in [2.24, 2.45) is 0 Å². The SMILES string of the molecule is COc1c([C@H](C)N[S@@+]([O-])C(C)(C)C)cc(OCc2ccccc2)c(C(=O)Oc2ccccc2)c1C. The molecule has 0 amide bonds. The first-order chi connectivity index (χ1) is 16.6. The number of rotatable bonds is 9. The molecule has 0 aliphatic rings. The molecule has 0 radical (unpaired) electrons. The van der Waals surface area contributed by atoms with Gasteiger partial charge >= 0.3 is 5.97 Å². The second-order valence-electron chi connectivity index (χ2n) is 9.19. The predicted octanol–water partition coefficient (Wildman–Crippen LogP) is 5.91. The second-order valence-corrected chi connectivity index (χ2v) is 11.2. The molecule has 2 atom stereocenters. The third-order valence-corrected chi connectivity index (χ3v) is 7.10. The van der Waals surface area contributed by atoms with Crippen LogP contribution in [0.1, 0.15) is 60.8 Å². The number of esters is 1. The summed E-state index contributed by atoms with van der Waals surface area (Å²) < 4.78 is 33.0. The maximum absolute atomic E-state index is 13.3. The lowest BCUT2D eigenvalue weighted by Crippen LogP contribution is -2.40. The van der Waals surface area contributed by atoms with E-state index in [4.69, 9.17) is 14.2 Å². The lowest BCUT2D eigenvalue weighted by atomic mass is 9.98. The van der Waals surface area contributed by atoms with Crippen molar-refractivity contribution in [3.8, 4) is 17.2 Å². The molecule has 0 aromatic heterocycles. The van der Waals surface area contributed by atoms with E-state index in [2.05, 4.69) is 4.72 Å². The van der Waals surface area contributed by atoms with Gasteiger partial charge in [-0.15, -0.1) is 4.72 Å². The second kappa shape index (κ2) is 11.6. The number of carbonyl (C=O) groups excluding carboxylic acids is 1. The zero-order valence-corrected chi connectivity index (χ0v) is 21.9. The van der Waals surface area contributed by atoms with E-state index in [0.717, 1.165) is 11.1 Å².